The number of ether oxygens (including phenoxy) is 2. The number of β-amino-alcohol motifs (C(OH)–C–C–N with tert-alkyl or cyclic N) is 1. The fourth-order valence-electron chi connectivity index (χ4n) is 5.56. The predicted molar refractivity (Wildman–Crippen MR) is 100 cm³/mol. The molecule has 1 N–H and O–H groups in total. The molecule has 0 aromatic heterocycles. The van der Waals surface area contributed by atoms with Gasteiger partial charge in [0.2, 0.25) is 0 Å². The summed E-state index contributed by atoms with van der Waals surface area (Å²) in [4.78, 5) is 15.7. The van der Waals surface area contributed by atoms with Crippen LogP contribution in [0.4, 0.5) is 4.79 Å². The second-order valence-corrected chi connectivity index (χ2v) is 9.27. The summed E-state index contributed by atoms with van der Waals surface area (Å²) < 4.78 is 11.3. The normalized spacial score (nSPS) is 34.9. The quantitative estimate of drug-likeness (QED) is 0.780. The molecule has 6 heteroatoms. The van der Waals surface area contributed by atoms with Crippen molar-refractivity contribution in [1.29, 1.82) is 0 Å². The van der Waals surface area contributed by atoms with Crippen LogP contribution in [0.2, 0.25) is 0 Å². The lowest BCUT2D eigenvalue weighted by atomic mass is 9.70. The minimum Gasteiger partial charge on any atom is -0.450 e. The van der Waals surface area contributed by atoms with Crippen molar-refractivity contribution in [3.05, 3.63) is 0 Å². The molecule has 1 amide bonds. The van der Waals surface area contributed by atoms with Crippen molar-refractivity contribution >= 4 is 6.09 Å². The number of amides is 1. The largest absolute Gasteiger partial charge is 0.450 e. The van der Waals surface area contributed by atoms with Crippen LogP contribution in [0.1, 0.15) is 47.0 Å². The van der Waals surface area contributed by atoms with Crippen molar-refractivity contribution in [2.24, 2.45) is 16.7 Å². The molecule has 2 saturated carbocycles. The number of hydrogen-bond acceptors (Lipinski definition) is 5. The molecule has 1 heterocycles. The molecule has 150 valence electrons. The number of aliphatic hydroxyl groups excluding tert-OH is 1. The van der Waals surface area contributed by atoms with Crippen molar-refractivity contribution in [3.63, 3.8) is 0 Å². The van der Waals surface area contributed by atoms with E-state index < -0.39 is 6.10 Å². The first-order chi connectivity index (χ1) is 12.3. The molecule has 26 heavy (non-hydrogen) atoms. The molecule has 0 aromatic carbocycles. The third kappa shape index (κ3) is 3.87. The Morgan fingerprint density at radius 2 is 1.92 bits per heavy atom. The summed E-state index contributed by atoms with van der Waals surface area (Å²) in [6.07, 6.45) is 3.35. The lowest BCUT2D eigenvalue weighted by Gasteiger charge is -2.43. The summed E-state index contributed by atoms with van der Waals surface area (Å²) in [6, 6.07) is 0. The zero-order valence-corrected chi connectivity index (χ0v) is 16.9. The van der Waals surface area contributed by atoms with Gasteiger partial charge in [-0.3, -0.25) is 4.90 Å². The second kappa shape index (κ2) is 7.64. The number of nitrogens with zero attached hydrogens (tertiary/aromatic N) is 2. The average molecular weight is 369 g/mol. The first-order valence-corrected chi connectivity index (χ1v) is 10.2. The van der Waals surface area contributed by atoms with Crippen molar-refractivity contribution < 1.29 is 19.4 Å². The van der Waals surface area contributed by atoms with Crippen LogP contribution in [0.25, 0.3) is 0 Å². The van der Waals surface area contributed by atoms with Gasteiger partial charge in [-0.2, -0.15) is 0 Å². The fourth-order valence-corrected chi connectivity index (χ4v) is 5.56. The van der Waals surface area contributed by atoms with Crippen LogP contribution in [0, 0.1) is 16.7 Å². The lowest BCUT2D eigenvalue weighted by Crippen LogP contribution is -2.51. The molecule has 4 atom stereocenters. The average Bonchev–Trinajstić information content (AvgIpc) is 3.06. The summed E-state index contributed by atoms with van der Waals surface area (Å²) in [5.41, 5.74) is 0.483. The number of rotatable bonds is 6. The minimum atomic E-state index is -0.484. The molecule has 0 unspecified atom stereocenters. The maximum atomic E-state index is 11.7. The molecular formula is C20H36N2O4. The van der Waals surface area contributed by atoms with Crippen LogP contribution in [0.15, 0.2) is 0 Å². The zero-order valence-electron chi connectivity index (χ0n) is 16.9. The number of aliphatic hydroxyl groups is 1. The van der Waals surface area contributed by atoms with E-state index in [0.717, 1.165) is 19.0 Å². The first-order valence-electron chi connectivity index (χ1n) is 10.2. The SMILES string of the molecule is CCOC(=O)N1CCN(C[C@H](O)CO[C@@H]2C(C)(C)[C@@H]3CC[C@]2(C)C3)CC1. The molecule has 0 spiro atoms. The Hall–Kier alpha value is -0.850. The van der Waals surface area contributed by atoms with Gasteiger partial charge in [0.15, 0.2) is 0 Å². The Balaban J connectivity index is 1.41. The van der Waals surface area contributed by atoms with Crippen LogP contribution in [0.5, 0.6) is 0 Å². The predicted octanol–water partition coefficient (Wildman–Crippen LogP) is 2.35. The van der Waals surface area contributed by atoms with E-state index in [1.165, 1.54) is 19.3 Å². The van der Waals surface area contributed by atoms with Crippen LogP contribution in [0.3, 0.4) is 0 Å². The molecule has 1 aliphatic heterocycles. The Bertz CT molecular complexity index is 499. The minimum absolute atomic E-state index is 0.206. The fraction of sp³-hybridized carbons (Fsp3) is 0.950. The summed E-state index contributed by atoms with van der Waals surface area (Å²) in [7, 11) is 0. The van der Waals surface area contributed by atoms with Crippen molar-refractivity contribution in [1.82, 2.24) is 9.80 Å². The standard InChI is InChI=1S/C20H36N2O4/c1-5-25-18(24)22-10-8-21(9-11-22)13-16(23)14-26-17-19(2,3)15-6-7-20(17,4)12-15/h15-17,23H,5-14H2,1-4H3/t15-,16+,17-,20-/m1/s1. The maximum absolute atomic E-state index is 11.7. The molecule has 3 aliphatic rings. The summed E-state index contributed by atoms with van der Waals surface area (Å²) in [5.74, 6) is 0.755. The van der Waals surface area contributed by atoms with Gasteiger partial charge in [-0.1, -0.05) is 20.8 Å². The van der Waals surface area contributed by atoms with Crippen LogP contribution in [-0.4, -0.2) is 79.1 Å². The number of hydrogen-bond donors (Lipinski definition) is 1. The van der Waals surface area contributed by atoms with E-state index in [1.807, 2.05) is 6.92 Å². The Kier molecular flexibility index (Phi) is 5.85. The van der Waals surface area contributed by atoms with E-state index in [4.69, 9.17) is 9.47 Å². The van der Waals surface area contributed by atoms with Crippen molar-refractivity contribution in [2.75, 3.05) is 45.9 Å². The van der Waals surface area contributed by atoms with Crippen molar-refractivity contribution in [3.8, 4) is 0 Å². The van der Waals surface area contributed by atoms with Gasteiger partial charge >= 0.3 is 6.09 Å². The smallest absolute Gasteiger partial charge is 0.409 e. The monoisotopic (exact) mass is 368 g/mol. The molecule has 0 radical (unpaired) electrons. The van der Waals surface area contributed by atoms with Gasteiger partial charge in [-0.15, -0.1) is 0 Å². The highest BCUT2D eigenvalue weighted by Crippen LogP contribution is 2.63. The molecule has 1 saturated heterocycles. The maximum Gasteiger partial charge on any atom is 0.409 e. The Labute approximate surface area is 157 Å². The summed E-state index contributed by atoms with van der Waals surface area (Å²) in [6.45, 7) is 13.1. The summed E-state index contributed by atoms with van der Waals surface area (Å²) >= 11 is 0. The van der Waals surface area contributed by atoms with E-state index in [2.05, 4.69) is 25.7 Å². The Morgan fingerprint density at radius 3 is 2.50 bits per heavy atom. The van der Waals surface area contributed by atoms with E-state index in [-0.39, 0.29) is 23.0 Å². The topological polar surface area (TPSA) is 62.2 Å². The van der Waals surface area contributed by atoms with Crippen LogP contribution >= 0.6 is 0 Å². The molecule has 2 aliphatic carbocycles. The number of carbonyl (C=O) groups is 1. The highest BCUT2D eigenvalue weighted by atomic mass is 16.6. The van der Waals surface area contributed by atoms with Gasteiger partial charge in [-0.25, -0.2) is 4.79 Å². The third-order valence-electron chi connectivity index (χ3n) is 6.96. The van der Waals surface area contributed by atoms with Gasteiger partial charge in [0, 0.05) is 32.7 Å². The molecule has 3 fully saturated rings. The second-order valence-electron chi connectivity index (χ2n) is 9.27. The van der Waals surface area contributed by atoms with Crippen LogP contribution in [-0.2, 0) is 9.47 Å². The molecule has 3 rings (SSSR count). The molecular weight excluding hydrogens is 332 g/mol. The van der Waals surface area contributed by atoms with Gasteiger partial charge in [0.25, 0.3) is 0 Å². The molecule has 2 bridgehead atoms. The number of fused-ring (bicyclic) bond motifs is 2. The van der Waals surface area contributed by atoms with E-state index in [1.54, 1.807) is 4.90 Å². The third-order valence-corrected chi connectivity index (χ3v) is 6.96. The zero-order chi connectivity index (χ0) is 18.9. The van der Waals surface area contributed by atoms with E-state index in [9.17, 15) is 9.90 Å². The highest BCUT2D eigenvalue weighted by molar-refractivity contribution is 5.67. The summed E-state index contributed by atoms with van der Waals surface area (Å²) in [5, 5.41) is 10.5. The van der Waals surface area contributed by atoms with E-state index >= 15 is 0 Å². The van der Waals surface area contributed by atoms with Gasteiger partial charge in [-0.05, 0) is 42.9 Å². The highest BCUT2D eigenvalue weighted by Gasteiger charge is 2.60. The van der Waals surface area contributed by atoms with Gasteiger partial charge in [0.05, 0.1) is 25.4 Å². The molecule has 0 aromatic rings. The molecule has 6 nitrogen and oxygen atoms in total. The number of piperazine rings is 1. The first kappa shape index (κ1) is 19.9. The lowest BCUT2D eigenvalue weighted by molar-refractivity contribution is -0.114. The van der Waals surface area contributed by atoms with Gasteiger partial charge in [0.1, 0.15) is 0 Å². The van der Waals surface area contributed by atoms with Gasteiger partial charge < -0.3 is 19.5 Å². The number of carbonyl (C=O) groups excluding carboxylic acids is 1. The van der Waals surface area contributed by atoms with Crippen molar-refractivity contribution in [2.45, 2.75) is 59.2 Å². The Morgan fingerprint density at radius 1 is 1.23 bits per heavy atom. The van der Waals surface area contributed by atoms with E-state index in [0.29, 0.717) is 32.8 Å². The van der Waals surface area contributed by atoms with Crippen LogP contribution < -0.4 is 0 Å².